The van der Waals surface area contributed by atoms with Gasteiger partial charge >= 0.3 is 0 Å². The number of benzene rings is 1. The van der Waals surface area contributed by atoms with E-state index in [1.807, 2.05) is 16.8 Å². The van der Waals surface area contributed by atoms with E-state index in [2.05, 4.69) is 5.32 Å². The highest BCUT2D eigenvalue weighted by Gasteiger charge is 2.07. The van der Waals surface area contributed by atoms with Gasteiger partial charge in [0.25, 0.3) is 0 Å². The summed E-state index contributed by atoms with van der Waals surface area (Å²) in [6, 6.07) is 7.11. The van der Waals surface area contributed by atoms with Crippen molar-refractivity contribution in [1.29, 1.82) is 0 Å². The van der Waals surface area contributed by atoms with Crippen molar-refractivity contribution in [3.63, 3.8) is 0 Å². The highest BCUT2D eigenvalue weighted by atomic mass is 32.1. The number of hydrogen-bond donors (Lipinski definition) is 2. The predicted octanol–water partition coefficient (Wildman–Crippen LogP) is 2.52. The molecular weight excluding hydrogens is 248 g/mol. The predicted molar refractivity (Wildman–Crippen MR) is 74.1 cm³/mol. The van der Waals surface area contributed by atoms with Crippen molar-refractivity contribution in [3.05, 3.63) is 40.6 Å². The first-order chi connectivity index (χ1) is 8.69. The molecule has 0 aliphatic carbocycles. The van der Waals surface area contributed by atoms with Crippen molar-refractivity contribution >= 4 is 28.6 Å². The summed E-state index contributed by atoms with van der Waals surface area (Å²) in [7, 11) is 1.57. The van der Waals surface area contributed by atoms with Crippen molar-refractivity contribution < 1.29 is 9.53 Å². The van der Waals surface area contributed by atoms with E-state index < -0.39 is 0 Å². The maximum atomic E-state index is 11.8. The monoisotopic (exact) mass is 262 g/mol. The van der Waals surface area contributed by atoms with Gasteiger partial charge < -0.3 is 15.8 Å². The minimum absolute atomic E-state index is 0.0785. The van der Waals surface area contributed by atoms with Crippen LogP contribution in [-0.2, 0) is 11.2 Å². The third-order valence-electron chi connectivity index (χ3n) is 2.48. The summed E-state index contributed by atoms with van der Waals surface area (Å²) >= 11 is 1.57. The fourth-order valence-corrected chi connectivity index (χ4v) is 2.22. The van der Waals surface area contributed by atoms with Gasteiger partial charge in [-0.1, -0.05) is 0 Å². The zero-order chi connectivity index (χ0) is 13.0. The average Bonchev–Trinajstić information content (AvgIpc) is 2.84. The lowest BCUT2D eigenvalue weighted by Gasteiger charge is -2.09. The fraction of sp³-hybridized carbons (Fsp3) is 0.154. The number of nitrogens with two attached hydrogens (primary N) is 1. The quantitative estimate of drug-likeness (QED) is 0.832. The molecule has 0 bridgehead atoms. The van der Waals surface area contributed by atoms with Gasteiger partial charge in [0.05, 0.1) is 24.9 Å². The molecule has 0 spiro atoms. The van der Waals surface area contributed by atoms with Crippen molar-refractivity contribution in [1.82, 2.24) is 0 Å². The van der Waals surface area contributed by atoms with E-state index in [4.69, 9.17) is 10.5 Å². The van der Waals surface area contributed by atoms with E-state index in [9.17, 15) is 4.79 Å². The third kappa shape index (κ3) is 3.01. The first kappa shape index (κ1) is 12.4. The van der Waals surface area contributed by atoms with Crippen LogP contribution in [0.25, 0.3) is 0 Å². The van der Waals surface area contributed by atoms with Crippen molar-refractivity contribution in [3.8, 4) is 5.75 Å². The largest absolute Gasteiger partial charge is 0.497 e. The number of amides is 1. The lowest BCUT2D eigenvalue weighted by molar-refractivity contribution is -0.115. The topological polar surface area (TPSA) is 64.3 Å². The van der Waals surface area contributed by atoms with Crippen LogP contribution in [0.5, 0.6) is 5.75 Å². The molecule has 1 aromatic carbocycles. The SMILES string of the molecule is COc1ccc(NC(=O)Cc2ccsc2)c(N)c1. The summed E-state index contributed by atoms with van der Waals surface area (Å²) in [4.78, 5) is 11.8. The van der Waals surface area contributed by atoms with E-state index in [0.29, 0.717) is 23.5 Å². The number of methoxy groups -OCH3 is 1. The Labute approximate surface area is 109 Å². The second-order valence-corrected chi connectivity index (χ2v) is 4.59. The molecule has 2 aromatic rings. The Morgan fingerprint density at radius 2 is 2.28 bits per heavy atom. The van der Waals surface area contributed by atoms with E-state index in [1.165, 1.54) is 0 Å². The Kier molecular flexibility index (Phi) is 3.84. The van der Waals surface area contributed by atoms with Crippen LogP contribution in [-0.4, -0.2) is 13.0 Å². The fourth-order valence-electron chi connectivity index (χ4n) is 1.55. The average molecular weight is 262 g/mol. The second kappa shape index (κ2) is 5.55. The number of carbonyl (C=O) groups excluding carboxylic acids is 1. The molecule has 3 N–H and O–H groups in total. The number of carbonyl (C=O) groups is 1. The van der Waals surface area contributed by atoms with Crippen LogP contribution in [0, 0.1) is 0 Å². The van der Waals surface area contributed by atoms with Crippen molar-refractivity contribution in [2.24, 2.45) is 0 Å². The molecule has 4 nitrogen and oxygen atoms in total. The number of rotatable bonds is 4. The number of hydrogen-bond acceptors (Lipinski definition) is 4. The molecule has 0 aliphatic rings. The summed E-state index contributed by atoms with van der Waals surface area (Å²) in [5, 5.41) is 6.69. The van der Waals surface area contributed by atoms with Gasteiger partial charge in [0.1, 0.15) is 5.75 Å². The van der Waals surface area contributed by atoms with Crippen molar-refractivity contribution in [2.75, 3.05) is 18.2 Å². The lowest BCUT2D eigenvalue weighted by atomic mass is 10.2. The number of nitrogens with one attached hydrogen (secondary N) is 1. The van der Waals surface area contributed by atoms with E-state index >= 15 is 0 Å². The van der Waals surface area contributed by atoms with E-state index in [-0.39, 0.29) is 5.91 Å². The number of ether oxygens (including phenoxy) is 1. The minimum Gasteiger partial charge on any atom is -0.497 e. The molecule has 0 unspecified atom stereocenters. The van der Waals surface area contributed by atoms with Gasteiger partial charge in [0.15, 0.2) is 0 Å². The Balaban J connectivity index is 2.03. The molecule has 1 aromatic heterocycles. The molecule has 1 heterocycles. The summed E-state index contributed by atoms with van der Waals surface area (Å²) in [6.45, 7) is 0. The van der Waals surface area contributed by atoms with Crippen LogP contribution in [0.3, 0.4) is 0 Å². The zero-order valence-electron chi connectivity index (χ0n) is 9.97. The maximum Gasteiger partial charge on any atom is 0.228 e. The van der Waals surface area contributed by atoms with Gasteiger partial charge in [-0.2, -0.15) is 11.3 Å². The van der Waals surface area contributed by atoms with Gasteiger partial charge in [0.2, 0.25) is 5.91 Å². The molecule has 5 heteroatoms. The summed E-state index contributed by atoms with van der Waals surface area (Å²) in [5.74, 6) is 0.591. The van der Waals surface area contributed by atoms with Crippen LogP contribution >= 0.6 is 11.3 Å². The Hall–Kier alpha value is -2.01. The highest BCUT2D eigenvalue weighted by molar-refractivity contribution is 7.08. The van der Waals surface area contributed by atoms with Gasteiger partial charge in [-0.25, -0.2) is 0 Å². The Bertz CT molecular complexity index is 538. The minimum atomic E-state index is -0.0785. The zero-order valence-corrected chi connectivity index (χ0v) is 10.8. The van der Waals surface area contributed by atoms with Crippen LogP contribution in [0.4, 0.5) is 11.4 Å². The van der Waals surface area contributed by atoms with Crippen LogP contribution in [0.2, 0.25) is 0 Å². The summed E-state index contributed by atoms with van der Waals surface area (Å²) in [5.41, 5.74) is 7.93. The second-order valence-electron chi connectivity index (χ2n) is 3.81. The van der Waals surface area contributed by atoms with Gasteiger partial charge in [-0.3, -0.25) is 4.79 Å². The van der Waals surface area contributed by atoms with Gasteiger partial charge in [-0.05, 0) is 34.5 Å². The molecule has 1 amide bonds. The molecule has 0 fully saturated rings. The first-order valence-corrected chi connectivity index (χ1v) is 6.38. The van der Waals surface area contributed by atoms with Crippen LogP contribution < -0.4 is 15.8 Å². The third-order valence-corrected chi connectivity index (χ3v) is 3.21. The van der Waals surface area contributed by atoms with Crippen LogP contribution in [0.1, 0.15) is 5.56 Å². The van der Waals surface area contributed by atoms with E-state index in [1.54, 1.807) is 36.6 Å². The molecule has 18 heavy (non-hydrogen) atoms. The number of nitrogen functional groups attached to an aromatic ring is 1. The van der Waals surface area contributed by atoms with Gasteiger partial charge in [-0.15, -0.1) is 0 Å². The molecule has 94 valence electrons. The normalized spacial score (nSPS) is 10.1. The Morgan fingerprint density at radius 3 is 2.89 bits per heavy atom. The standard InChI is InChI=1S/C13H14N2O2S/c1-17-10-2-3-12(11(14)7-10)15-13(16)6-9-4-5-18-8-9/h2-5,7-8H,6,14H2,1H3,(H,15,16). The highest BCUT2D eigenvalue weighted by Crippen LogP contribution is 2.24. The Morgan fingerprint density at radius 1 is 1.44 bits per heavy atom. The van der Waals surface area contributed by atoms with Crippen molar-refractivity contribution in [2.45, 2.75) is 6.42 Å². The van der Waals surface area contributed by atoms with Crippen LogP contribution in [0.15, 0.2) is 35.0 Å². The first-order valence-electron chi connectivity index (χ1n) is 5.43. The number of thiophene rings is 1. The van der Waals surface area contributed by atoms with Gasteiger partial charge in [0, 0.05) is 6.07 Å². The maximum absolute atomic E-state index is 11.8. The molecule has 0 aliphatic heterocycles. The molecule has 0 atom stereocenters. The molecular formula is C13H14N2O2S. The lowest BCUT2D eigenvalue weighted by Crippen LogP contribution is -2.15. The molecule has 0 saturated heterocycles. The summed E-state index contributed by atoms with van der Waals surface area (Å²) < 4.78 is 5.05. The molecule has 2 rings (SSSR count). The number of anilines is 2. The van der Waals surface area contributed by atoms with E-state index in [0.717, 1.165) is 5.56 Å². The molecule has 0 radical (unpaired) electrons. The molecule has 0 saturated carbocycles. The smallest absolute Gasteiger partial charge is 0.228 e. The summed E-state index contributed by atoms with van der Waals surface area (Å²) in [6.07, 6.45) is 0.356.